The first-order chi connectivity index (χ1) is 26.7. The van der Waals surface area contributed by atoms with Gasteiger partial charge in [-0.25, -0.2) is 0 Å². The molecule has 1 aromatic heterocycles. The second kappa shape index (κ2) is 10.0. The van der Waals surface area contributed by atoms with E-state index in [1.165, 1.54) is 105 Å². The Labute approximate surface area is 330 Å². The maximum absolute atomic E-state index is 6.90. The Morgan fingerprint density at radius 2 is 0.964 bits per heavy atom. The summed E-state index contributed by atoms with van der Waals surface area (Å²) in [5.74, 6) is 1.84. The first-order valence-corrected chi connectivity index (χ1v) is 20.4. The maximum Gasteiger partial charge on any atom is 0.134 e. The zero-order valence-corrected chi connectivity index (χ0v) is 33.9. The molecule has 272 valence electrons. The molecular formula is C55H46O. The third-order valence-electron chi connectivity index (χ3n) is 15.0. The van der Waals surface area contributed by atoms with Crippen LogP contribution in [-0.4, -0.2) is 0 Å². The van der Waals surface area contributed by atoms with Crippen LogP contribution in [0.4, 0.5) is 0 Å². The number of aryl methyl sites for hydroxylation is 1. The lowest BCUT2D eigenvalue weighted by Gasteiger charge is -2.35. The maximum atomic E-state index is 6.90. The highest BCUT2D eigenvalue weighted by molar-refractivity contribution is 6.10. The van der Waals surface area contributed by atoms with Crippen molar-refractivity contribution in [3.63, 3.8) is 0 Å². The zero-order chi connectivity index (χ0) is 38.4. The molecule has 0 radical (unpaired) electrons. The van der Waals surface area contributed by atoms with Gasteiger partial charge in [-0.1, -0.05) is 128 Å². The molecule has 0 atom stereocenters. The van der Waals surface area contributed by atoms with Gasteiger partial charge in [-0.2, -0.15) is 0 Å². The fraction of sp³-hybridized carbons (Fsp3) is 0.236. The van der Waals surface area contributed by atoms with Crippen molar-refractivity contribution in [3.05, 3.63) is 165 Å². The third-order valence-corrected chi connectivity index (χ3v) is 15.0. The molecule has 0 spiro atoms. The molecule has 4 aliphatic rings. The van der Waals surface area contributed by atoms with Gasteiger partial charge in [-0.15, -0.1) is 0 Å². The van der Waals surface area contributed by atoms with E-state index < -0.39 is 0 Å². The SMILES string of the molecule is Cc1cc2c3c4c(cccc14)C(C)(C)c1cc(-c4ccc(-c5ccc6c(c5)C(C)(C)c5cc7c(cc5-6)C(C)(C)c5ccc6ccccc6c5-7)o4)cc(c1-3)C2(C)C. The normalized spacial score (nSPS) is 17.6. The van der Waals surface area contributed by atoms with Crippen molar-refractivity contribution in [2.45, 2.75) is 84.0 Å². The smallest absolute Gasteiger partial charge is 0.134 e. The Hall–Kier alpha value is -5.66. The van der Waals surface area contributed by atoms with Gasteiger partial charge in [-0.05, 0) is 154 Å². The number of rotatable bonds is 2. The van der Waals surface area contributed by atoms with Crippen molar-refractivity contribution in [2.24, 2.45) is 0 Å². The average Bonchev–Trinajstić information content (AvgIpc) is 3.88. The minimum Gasteiger partial charge on any atom is -0.456 e. The quantitative estimate of drug-likeness (QED) is 0.173. The number of furan rings is 1. The molecule has 0 N–H and O–H groups in total. The summed E-state index contributed by atoms with van der Waals surface area (Å²) in [7, 11) is 0. The Bertz CT molecular complexity index is 3140. The second-order valence-electron chi connectivity index (χ2n) is 19.4. The van der Waals surface area contributed by atoms with Crippen molar-refractivity contribution in [3.8, 4) is 56.0 Å². The molecule has 0 amide bonds. The van der Waals surface area contributed by atoms with Gasteiger partial charge < -0.3 is 4.42 Å². The van der Waals surface area contributed by atoms with Crippen LogP contribution in [0.5, 0.6) is 0 Å². The van der Waals surface area contributed by atoms with Gasteiger partial charge in [0, 0.05) is 32.8 Å². The molecule has 0 aliphatic heterocycles. The highest BCUT2D eigenvalue weighted by Gasteiger charge is 2.46. The topological polar surface area (TPSA) is 13.1 Å². The van der Waals surface area contributed by atoms with Crippen LogP contribution in [0.3, 0.4) is 0 Å². The van der Waals surface area contributed by atoms with E-state index in [0.29, 0.717) is 0 Å². The molecular weight excluding hydrogens is 677 g/mol. The summed E-state index contributed by atoms with van der Waals surface area (Å²) in [5, 5.41) is 5.49. The number of fused-ring (bicyclic) bond motifs is 8. The highest BCUT2D eigenvalue weighted by atomic mass is 16.3. The van der Waals surface area contributed by atoms with E-state index >= 15 is 0 Å². The summed E-state index contributed by atoms with van der Waals surface area (Å²) in [4.78, 5) is 0. The third kappa shape index (κ3) is 3.73. The number of benzene rings is 7. The Balaban J connectivity index is 0.966. The number of hydrogen-bond donors (Lipinski definition) is 0. The fourth-order valence-corrected chi connectivity index (χ4v) is 11.8. The fourth-order valence-electron chi connectivity index (χ4n) is 11.8. The van der Waals surface area contributed by atoms with Gasteiger partial charge >= 0.3 is 0 Å². The molecule has 1 heteroatoms. The summed E-state index contributed by atoms with van der Waals surface area (Å²) >= 11 is 0. The molecule has 0 unspecified atom stereocenters. The molecule has 0 fully saturated rings. The van der Waals surface area contributed by atoms with Crippen LogP contribution in [-0.2, 0) is 21.7 Å². The molecule has 0 saturated carbocycles. The highest BCUT2D eigenvalue weighted by Crippen LogP contribution is 2.61. The van der Waals surface area contributed by atoms with E-state index in [1.807, 2.05) is 0 Å². The van der Waals surface area contributed by atoms with Gasteiger partial charge in [0.25, 0.3) is 0 Å². The van der Waals surface area contributed by atoms with Gasteiger partial charge in [-0.3, -0.25) is 0 Å². The lowest BCUT2D eigenvalue weighted by Crippen LogP contribution is -2.24. The van der Waals surface area contributed by atoms with E-state index in [2.05, 4.69) is 178 Å². The van der Waals surface area contributed by atoms with Crippen molar-refractivity contribution in [1.29, 1.82) is 0 Å². The van der Waals surface area contributed by atoms with Crippen molar-refractivity contribution >= 4 is 21.5 Å². The van der Waals surface area contributed by atoms with Crippen LogP contribution in [0, 0.1) is 6.92 Å². The summed E-state index contributed by atoms with van der Waals surface area (Å²) in [6, 6.07) is 44.2. The Morgan fingerprint density at radius 1 is 0.375 bits per heavy atom. The van der Waals surface area contributed by atoms with Crippen LogP contribution in [0.15, 0.2) is 120 Å². The van der Waals surface area contributed by atoms with Crippen molar-refractivity contribution in [2.75, 3.05) is 0 Å². The Morgan fingerprint density at radius 3 is 1.75 bits per heavy atom. The van der Waals surface area contributed by atoms with Crippen molar-refractivity contribution in [1.82, 2.24) is 0 Å². The first kappa shape index (κ1) is 32.6. The predicted octanol–water partition coefficient (Wildman–Crippen LogP) is 14.8. The number of hydrogen-bond acceptors (Lipinski definition) is 1. The molecule has 8 aromatic rings. The van der Waals surface area contributed by atoms with E-state index in [4.69, 9.17) is 4.42 Å². The minimum absolute atomic E-state index is 0.0705. The lowest BCUT2D eigenvalue weighted by molar-refractivity contribution is 0.594. The van der Waals surface area contributed by atoms with Crippen LogP contribution in [0.2, 0.25) is 0 Å². The summed E-state index contributed by atoms with van der Waals surface area (Å²) < 4.78 is 6.90. The largest absolute Gasteiger partial charge is 0.456 e. The first-order valence-electron chi connectivity index (χ1n) is 20.4. The van der Waals surface area contributed by atoms with E-state index in [1.54, 1.807) is 0 Å². The minimum atomic E-state index is -0.155. The van der Waals surface area contributed by atoms with Crippen molar-refractivity contribution < 1.29 is 4.42 Å². The van der Waals surface area contributed by atoms with E-state index in [-0.39, 0.29) is 21.7 Å². The molecule has 1 nitrogen and oxygen atoms in total. The van der Waals surface area contributed by atoms with Crippen LogP contribution in [0.1, 0.15) is 105 Å². The van der Waals surface area contributed by atoms with Gasteiger partial charge in [0.2, 0.25) is 0 Å². The van der Waals surface area contributed by atoms with Gasteiger partial charge in [0.1, 0.15) is 11.5 Å². The van der Waals surface area contributed by atoms with Crippen LogP contribution < -0.4 is 0 Å². The standard InChI is InChI=1S/C55H46O/c1-29-23-43-51-49-33(29)15-12-16-38(49)53(4,5)44-25-32(26-45(50(44)51)55(43,8)9)47-22-21-46(56-47)31-17-19-35-36-27-42-37(28-41(36)54(6,7)40(35)24-31)48-34-14-11-10-13-30(34)18-20-39(48)52(42,2)3/h10-28H,1-9H3. The van der Waals surface area contributed by atoms with E-state index in [0.717, 1.165) is 22.6 Å². The van der Waals surface area contributed by atoms with Crippen LogP contribution >= 0.6 is 0 Å². The molecule has 0 bridgehead atoms. The molecule has 12 rings (SSSR count). The monoisotopic (exact) mass is 722 g/mol. The average molecular weight is 723 g/mol. The molecule has 0 saturated heterocycles. The Kier molecular flexibility index (Phi) is 5.82. The lowest BCUT2D eigenvalue weighted by atomic mass is 9.68. The molecule has 56 heavy (non-hydrogen) atoms. The molecule has 7 aromatic carbocycles. The predicted molar refractivity (Wildman–Crippen MR) is 234 cm³/mol. The molecule has 1 heterocycles. The molecule has 4 aliphatic carbocycles. The van der Waals surface area contributed by atoms with Gasteiger partial charge in [0.05, 0.1) is 0 Å². The van der Waals surface area contributed by atoms with E-state index in [9.17, 15) is 0 Å². The summed E-state index contributed by atoms with van der Waals surface area (Å²) in [5.41, 5.74) is 22.9. The van der Waals surface area contributed by atoms with Gasteiger partial charge in [0.15, 0.2) is 0 Å². The zero-order valence-electron chi connectivity index (χ0n) is 33.9. The summed E-state index contributed by atoms with van der Waals surface area (Å²) in [6.45, 7) is 21.5. The second-order valence-corrected chi connectivity index (χ2v) is 19.4. The van der Waals surface area contributed by atoms with Crippen LogP contribution in [0.25, 0.3) is 77.6 Å². The summed E-state index contributed by atoms with van der Waals surface area (Å²) in [6.07, 6.45) is 0.